The fraction of sp³-hybridized carbons (Fsp3) is 0. The third-order valence-corrected chi connectivity index (χ3v) is 1.29. The summed E-state index contributed by atoms with van der Waals surface area (Å²) >= 11 is 3.13. The normalized spacial score (nSPS) is 10.3. The summed E-state index contributed by atoms with van der Waals surface area (Å²) in [5, 5.41) is 2.45. The number of nitrogens with one attached hydrogen (secondary N) is 1. The van der Waals surface area contributed by atoms with E-state index in [-0.39, 0.29) is 5.91 Å². The second-order valence-corrected chi connectivity index (χ2v) is 2.36. The van der Waals surface area contributed by atoms with E-state index >= 15 is 0 Å². The quantitative estimate of drug-likeness (QED) is 0.547. The number of rotatable bonds is 3. The maximum Gasteiger partial charge on any atom is 0.247 e. The highest BCUT2D eigenvalue weighted by Gasteiger charge is 1.87. The minimum atomic E-state index is -0.237. The predicted octanol–water partition coefficient (Wildman–Crippen LogP) is 1.71. The fourth-order valence-electron chi connectivity index (χ4n) is 0.258. The number of halogens is 1. The Bertz CT molecular complexity index is 184. The lowest BCUT2D eigenvalue weighted by Gasteiger charge is -1.91. The van der Waals surface area contributed by atoms with Gasteiger partial charge in [-0.1, -0.05) is 19.2 Å². The van der Waals surface area contributed by atoms with E-state index in [1.54, 1.807) is 6.08 Å². The van der Waals surface area contributed by atoms with Gasteiger partial charge in [0.15, 0.2) is 0 Å². The van der Waals surface area contributed by atoms with Crippen molar-refractivity contribution >= 4 is 21.8 Å². The molecular weight excluding hydrogens is 194 g/mol. The van der Waals surface area contributed by atoms with Crippen LogP contribution in [-0.2, 0) is 4.79 Å². The first-order valence-corrected chi connectivity index (χ1v) is 3.41. The van der Waals surface area contributed by atoms with E-state index in [9.17, 15) is 4.79 Å². The number of carbonyl (C=O) groups excluding carboxylic acids is 1. The topological polar surface area (TPSA) is 29.1 Å². The molecule has 0 heterocycles. The fourth-order valence-corrected chi connectivity index (χ4v) is 0.372. The molecule has 2 nitrogen and oxygen atoms in total. The number of amides is 1. The van der Waals surface area contributed by atoms with Gasteiger partial charge in [0, 0.05) is 10.7 Å². The first-order valence-electron chi connectivity index (χ1n) is 2.61. The maximum absolute atomic E-state index is 10.5. The SMILES string of the molecule is C=CC(=O)N/C=C(/Br)C=C. The largest absolute Gasteiger partial charge is 0.328 e. The van der Waals surface area contributed by atoms with Gasteiger partial charge in [-0.3, -0.25) is 4.79 Å². The van der Waals surface area contributed by atoms with Crippen molar-refractivity contribution < 1.29 is 4.79 Å². The van der Waals surface area contributed by atoms with Gasteiger partial charge >= 0.3 is 0 Å². The Morgan fingerprint density at radius 2 is 2.00 bits per heavy atom. The van der Waals surface area contributed by atoms with E-state index in [1.165, 1.54) is 12.3 Å². The van der Waals surface area contributed by atoms with Gasteiger partial charge in [0.2, 0.25) is 5.91 Å². The molecule has 0 aromatic rings. The molecule has 0 aromatic heterocycles. The van der Waals surface area contributed by atoms with Crippen LogP contribution in [0.15, 0.2) is 36.0 Å². The summed E-state index contributed by atoms with van der Waals surface area (Å²) in [4.78, 5) is 10.5. The van der Waals surface area contributed by atoms with Crippen molar-refractivity contribution in [3.63, 3.8) is 0 Å². The van der Waals surface area contributed by atoms with Crippen LogP contribution in [0, 0.1) is 0 Å². The molecular formula is C7H8BrNO. The van der Waals surface area contributed by atoms with Gasteiger partial charge in [-0.2, -0.15) is 0 Å². The second kappa shape index (κ2) is 4.99. The van der Waals surface area contributed by atoms with Crippen LogP contribution >= 0.6 is 15.9 Å². The van der Waals surface area contributed by atoms with Crippen LogP contribution in [0.1, 0.15) is 0 Å². The van der Waals surface area contributed by atoms with E-state index in [0.717, 1.165) is 4.48 Å². The summed E-state index contributed by atoms with van der Waals surface area (Å²) in [5.41, 5.74) is 0. The van der Waals surface area contributed by atoms with Gasteiger partial charge in [0.25, 0.3) is 0 Å². The van der Waals surface area contributed by atoms with Gasteiger partial charge < -0.3 is 5.32 Å². The lowest BCUT2D eigenvalue weighted by atomic mass is 10.5. The maximum atomic E-state index is 10.5. The van der Waals surface area contributed by atoms with Gasteiger partial charge in [0.1, 0.15) is 0 Å². The zero-order chi connectivity index (χ0) is 7.98. The molecule has 0 spiro atoms. The number of hydrogen-bond donors (Lipinski definition) is 1. The van der Waals surface area contributed by atoms with Gasteiger partial charge in [-0.25, -0.2) is 0 Å². The standard InChI is InChI=1S/C7H8BrNO/c1-3-6(8)5-9-7(10)4-2/h3-5H,1-2H2,(H,9,10)/b6-5+. The number of carbonyl (C=O) groups is 1. The first-order chi connectivity index (χ1) is 4.70. The summed E-state index contributed by atoms with van der Waals surface area (Å²) in [6, 6.07) is 0. The molecule has 0 aromatic carbocycles. The molecule has 0 aliphatic rings. The molecule has 0 bridgehead atoms. The van der Waals surface area contributed by atoms with Crippen LogP contribution < -0.4 is 5.32 Å². The summed E-state index contributed by atoms with van der Waals surface area (Å²) in [6.07, 6.45) is 4.26. The first kappa shape index (κ1) is 9.17. The molecule has 0 fully saturated rings. The van der Waals surface area contributed by atoms with Gasteiger partial charge in [-0.05, 0) is 22.0 Å². The molecule has 0 saturated carbocycles. The third-order valence-electron chi connectivity index (χ3n) is 0.733. The molecule has 3 heteroatoms. The smallest absolute Gasteiger partial charge is 0.247 e. The molecule has 1 amide bonds. The summed E-state index contributed by atoms with van der Waals surface area (Å²) < 4.78 is 0.725. The van der Waals surface area contributed by atoms with Gasteiger partial charge in [-0.15, -0.1) is 0 Å². The monoisotopic (exact) mass is 201 g/mol. The average Bonchev–Trinajstić information content (AvgIpc) is 1.99. The third kappa shape index (κ3) is 4.09. The molecule has 0 atom stereocenters. The van der Waals surface area contributed by atoms with Crippen LogP contribution in [0.25, 0.3) is 0 Å². The zero-order valence-electron chi connectivity index (χ0n) is 5.43. The lowest BCUT2D eigenvalue weighted by molar-refractivity contribution is -0.115. The predicted molar refractivity (Wildman–Crippen MR) is 45.5 cm³/mol. The van der Waals surface area contributed by atoms with Gasteiger partial charge in [0.05, 0.1) is 0 Å². The zero-order valence-corrected chi connectivity index (χ0v) is 7.02. The Morgan fingerprint density at radius 1 is 1.40 bits per heavy atom. The van der Waals surface area contributed by atoms with E-state index in [0.29, 0.717) is 0 Å². The Hall–Kier alpha value is -0.830. The molecule has 0 rings (SSSR count). The van der Waals surface area contributed by atoms with Crippen molar-refractivity contribution in [3.05, 3.63) is 36.0 Å². The average molecular weight is 202 g/mol. The Balaban J connectivity index is 3.82. The molecule has 0 aliphatic heterocycles. The van der Waals surface area contributed by atoms with Crippen molar-refractivity contribution in [1.82, 2.24) is 5.32 Å². The highest BCUT2D eigenvalue weighted by molar-refractivity contribution is 9.11. The highest BCUT2D eigenvalue weighted by Crippen LogP contribution is 2.01. The van der Waals surface area contributed by atoms with Crippen molar-refractivity contribution in [3.8, 4) is 0 Å². The Kier molecular flexibility index (Phi) is 4.58. The van der Waals surface area contributed by atoms with Crippen molar-refractivity contribution in [2.75, 3.05) is 0 Å². The highest BCUT2D eigenvalue weighted by atomic mass is 79.9. The minimum Gasteiger partial charge on any atom is -0.328 e. The van der Waals surface area contributed by atoms with Crippen LogP contribution in [-0.4, -0.2) is 5.91 Å². The second-order valence-electron chi connectivity index (χ2n) is 1.45. The van der Waals surface area contributed by atoms with Crippen molar-refractivity contribution in [2.24, 2.45) is 0 Å². The van der Waals surface area contributed by atoms with E-state index in [2.05, 4.69) is 34.4 Å². The minimum absolute atomic E-state index is 0.237. The Morgan fingerprint density at radius 3 is 2.40 bits per heavy atom. The molecule has 0 aliphatic carbocycles. The molecule has 0 radical (unpaired) electrons. The molecule has 10 heavy (non-hydrogen) atoms. The van der Waals surface area contributed by atoms with Crippen molar-refractivity contribution in [2.45, 2.75) is 0 Å². The molecule has 0 saturated heterocycles. The Labute approximate surface area is 68.4 Å². The summed E-state index contributed by atoms with van der Waals surface area (Å²) in [5.74, 6) is -0.237. The molecule has 54 valence electrons. The summed E-state index contributed by atoms with van der Waals surface area (Å²) in [6.45, 7) is 6.75. The lowest BCUT2D eigenvalue weighted by Crippen LogP contribution is -2.13. The van der Waals surface area contributed by atoms with Crippen LogP contribution in [0.2, 0.25) is 0 Å². The number of allylic oxidation sites excluding steroid dienone is 2. The molecule has 1 N–H and O–H groups in total. The van der Waals surface area contributed by atoms with Crippen LogP contribution in [0.3, 0.4) is 0 Å². The van der Waals surface area contributed by atoms with E-state index in [4.69, 9.17) is 0 Å². The molecule has 0 unspecified atom stereocenters. The number of hydrogen-bond acceptors (Lipinski definition) is 1. The summed E-state index contributed by atoms with van der Waals surface area (Å²) in [7, 11) is 0. The van der Waals surface area contributed by atoms with Crippen LogP contribution in [0.5, 0.6) is 0 Å². The van der Waals surface area contributed by atoms with E-state index in [1.807, 2.05) is 0 Å². The van der Waals surface area contributed by atoms with Crippen LogP contribution in [0.4, 0.5) is 0 Å². The van der Waals surface area contributed by atoms with E-state index < -0.39 is 0 Å². The van der Waals surface area contributed by atoms with Crippen molar-refractivity contribution in [1.29, 1.82) is 0 Å².